The Morgan fingerprint density at radius 1 is 0.968 bits per heavy atom. The van der Waals surface area contributed by atoms with E-state index >= 15 is 0 Å². The molecule has 168 valence electrons. The lowest BCUT2D eigenvalue weighted by Gasteiger charge is -2.29. The molecule has 0 unspecified atom stereocenters. The largest absolute Gasteiger partial charge is 0.354 e. The molecule has 0 radical (unpaired) electrons. The predicted octanol–water partition coefficient (Wildman–Crippen LogP) is 6.07. The molecule has 1 atom stereocenters. The van der Waals surface area contributed by atoms with Gasteiger partial charge in [-0.05, 0) is 48.2 Å². The first-order valence-corrected chi connectivity index (χ1v) is 12.3. The van der Waals surface area contributed by atoms with Gasteiger partial charge < -0.3 is 10.2 Å². The fraction of sp³-hybridized carbons (Fsp3) is 0.391. The number of halogens is 3. The number of carbonyl (C=O) groups excluding carboxylic acids is 2. The van der Waals surface area contributed by atoms with Crippen molar-refractivity contribution in [2.75, 3.05) is 12.3 Å². The minimum Gasteiger partial charge on any atom is -0.354 e. The summed E-state index contributed by atoms with van der Waals surface area (Å²) in [5.74, 6) is 0.968. The molecule has 2 aromatic carbocycles. The maximum absolute atomic E-state index is 13.1. The Bertz CT molecular complexity index is 891. The Kier molecular flexibility index (Phi) is 10.5. The molecule has 0 fully saturated rings. The minimum atomic E-state index is -0.614. The summed E-state index contributed by atoms with van der Waals surface area (Å²) in [4.78, 5) is 27.3. The zero-order valence-electron chi connectivity index (χ0n) is 17.8. The van der Waals surface area contributed by atoms with E-state index in [9.17, 15) is 9.59 Å². The molecule has 0 aliphatic heterocycles. The highest BCUT2D eigenvalue weighted by molar-refractivity contribution is 7.99. The van der Waals surface area contributed by atoms with Crippen LogP contribution >= 0.6 is 46.6 Å². The van der Waals surface area contributed by atoms with E-state index in [1.54, 1.807) is 24.0 Å². The van der Waals surface area contributed by atoms with E-state index in [0.717, 1.165) is 11.1 Å². The van der Waals surface area contributed by atoms with Crippen molar-refractivity contribution in [3.05, 3.63) is 68.7 Å². The molecule has 1 N–H and O–H groups in total. The van der Waals surface area contributed by atoms with Crippen LogP contribution in [-0.2, 0) is 21.9 Å². The molecule has 0 spiro atoms. The van der Waals surface area contributed by atoms with Gasteiger partial charge in [0.15, 0.2) is 0 Å². The molecule has 2 amide bonds. The van der Waals surface area contributed by atoms with Gasteiger partial charge in [0, 0.05) is 23.9 Å². The molecule has 0 aromatic heterocycles. The summed E-state index contributed by atoms with van der Waals surface area (Å²) < 4.78 is 0. The lowest BCUT2D eigenvalue weighted by molar-refractivity contribution is -0.138. The van der Waals surface area contributed by atoms with E-state index in [1.165, 1.54) is 11.8 Å². The van der Waals surface area contributed by atoms with Crippen LogP contribution in [0, 0.1) is 5.92 Å². The normalized spacial score (nSPS) is 12.0. The Balaban J connectivity index is 2.08. The zero-order valence-corrected chi connectivity index (χ0v) is 20.9. The van der Waals surface area contributed by atoms with Crippen LogP contribution in [0.5, 0.6) is 0 Å². The highest BCUT2D eigenvalue weighted by Gasteiger charge is 2.26. The summed E-state index contributed by atoms with van der Waals surface area (Å²) in [6, 6.07) is 12.2. The number of carbonyl (C=O) groups is 2. The third-order valence-corrected chi connectivity index (χ3v) is 6.58. The average molecular weight is 502 g/mol. The predicted molar refractivity (Wildman–Crippen MR) is 132 cm³/mol. The van der Waals surface area contributed by atoms with Crippen molar-refractivity contribution in [3.8, 4) is 0 Å². The molecule has 0 aliphatic carbocycles. The van der Waals surface area contributed by atoms with Crippen LogP contribution in [0.25, 0.3) is 0 Å². The third-order valence-electron chi connectivity index (χ3n) is 4.60. The molecule has 2 rings (SSSR count). The number of benzene rings is 2. The number of thioether (sulfide) groups is 1. The summed E-state index contributed by atoms with van der Waals surface area (Å²) in [6.07, 6.45) is 0. The minimum absolute atomic E-state index is 0.114. The first-order valence-electron chi connectivity index (χ1n) is 10.0. The topological polar surface area (TPSA) is 49.4 Å². The monoisotopic (exact) mass is 500 g/mol. The van der Waals surface area contributed by atoms with Gasteiger partial charge in [0.05, 0.1) is 15.8 Å². The number of hydrogen-bond donors (Lipinski definition) is 1. The quantitative estimate of drug-likeness (QED) is 0.430. The van der Waals surface area contributed by atoms with Crippen LogP contribution in [0.3, 0.4) is 0 Å². The van der Waals surface area contributed by atoms with Gasteiger partial charge in [-0.3, -0.25) is 9.59 Å². The van der Waals surface area contributed by atoms with Gasteiger partial charge in [-0.25, -0.2) is 0 Å². The lowest BCUT2D eigenvalue weighted by Crippen LogP contribution is -2.48. The van der Waals surface area contributed by atoms with Crippen LogP contribution < -0.4 is 5.32 Å². The number of hydrogen-bond acceptors (Lipinski definition) is 3. The molecular weight excluding hydrogens is 475 g/mol. The summed E-state index contributed by atoms with van der Waals surface area (Å²) >= 11 is 19.6. The second kappa shape index (κ2) is 12.6. The Hall–Kier alpha value is -1.40. The summed E-state index contributed by atoms with van der Waals surface area (Å²) in [5, 5.41) is 4.46. The fourth-order valence-electron chi connectivity index (χ4n) is 2.79. The van der Waals surface area contributed by atoms with Crippen molar-refractivity contribution in [3.63, 3.8) is 0 Å². The summed E-state index contributed by atoms with van der Waals surface area (Å²) in [5.41, 5.74) is 1.90. The van der Waals surface area contributed by atoms with Crippen LogP contribution in [-0.4, -0.2) is 35.1 Å². The lowest BCUT2D eigenvalue weighted by atomic mass is 10.1. The number of rotatable bonds is 10. The van der Waals surface area contributed by atoms with Crippen LogP contribution in [0.4, 0.5) is 0 Å². The number of amides is 2. The molecule has 2 aromatic rings. The number of nitrogens with zero attached hydrogens (tertiary/aromatic N) is 1. The maximum Gasteiger partial charge on any atom is 0.242 e. The fourth-order valence-corrected chi connectivity index (χ4v) is 4.11. The Morgan fingerprint density at radius 2 is 1.61 bits per heavy atom. The molecule has 0 saturated carbocycles. The van der Waals surface area contributed by atoms with Gasteiger partial charge in [-0.1, -0.05) is 66.8 Å². The van der Waals surface area contributed by atoms with Crippen molar-refractivity contribution in [1.29, 1.82) is 0 Å². The van der Waals surface area contributed by atoms with Gasteiger partial charge in [0.2, 0.25) is 11.8 Å². The Morgan fingerprint density at radius 3 is 2.23 bits per heavy atom. The van der Waals surface area contributed by atoms with Crippen molar-refractivity contribution < 1.29 is 9.59 Å². The second-order valence-corrected chi connectivity index (χ2v) is 9.94. The summed E-state index contributed by atoms with van der Waals surface area (Å²) in [7, 11) is 0. The van der Waals surface area contributed by atoms with Gasteiger partial charge in [0.25, 0.3) is 0 Å². The molecule has 0 saturated heterocycles. The van der Waals surface area contributed by atoms with Gasteiger partial charge >= 0.3 is 0 Å². The van der Waals surface area contributed by atoms with E-state index < -0.39 is 6.04 Å². The van der Waals surface area contributed by atoms with E-state index in [2.05, 4.69) is 5.32 Å². The molecule has 0 aliphatic rings. The number of nitrogens with one attached hydrogen (secondary N) is 1. The zero-order chi connectivity index (χ0) is 23.0. The first kappa shape index (κ1) is 25.9. The SMILES string of the molecule is CC(C)CNC(=O)[C@H](C)N(Cc1ccc(Cl)c(Cl)c1)C(=O)CSCc1ccc(Cl)cc1. The average Bonchev–Trinajstić information content (AvgIpc) is 2.73. The van der Waals surface area contributed by atoms with E-state index in [-0.39, 0.29) is 24.1 Å². The smallest absolute Gasteiger partial charge is 0.242 e. The highest BCUT2D eigenvalue weighted by Crippen LogP contribution is 2.24. The van der Waals surface area contributed by atoms with Crippen molar-refractivity contribution in [2.24, 2.45) is 5.92 Å². The van der Waals surface area contributed by atoms with Gasteiger partial charge in [-0.15, -0.1) is 11.8 Å². The van der Waals surface area contributed by atoms with Gasteiger partial charge in [-0.2, -0.15) is 0 Å². The molecule has 8 heteroatoms. The summed E-state index contributed by atoms with van der Waals surface area (Å²) in [6.45, 7) is 6.62. The van der Waals surface area contributed by atoms with Crippen molar-refractivity contribution in [1.82, 2.24) is 10.2 Å². The Labute approximate surface area is 203 Å². The van der Waals surface area contributed by atoms with Gasteiger partial charge in [0.1, 0.15) is 6.04 Å². The van der Waals surface area contributed by atoms with Crippen molar-refractivity contribution in [2.45, 2.75) is 39.1 Å². The second-order valence-electron chi connectivity index (χ2n) is 7.70. The molecular formula is C23H27Cl3N2O2S. The van der Waals surface area contributed by atoms with Crippen LogP contribution in [0.2, 0.25) is 15.1 Å². The molecule has 31 heavy (non-hydrogen) atoms. The van der Waals surface area contributed by atoms with Crippen molar-refractivity contribution >= 4 is 58.4 Å². The van der Waals surface area contributed by atoms with E-state index in [1.807, 2.05) is 44.2 Å². The molecule has 4 nitrogen and oxygen atoms in total. The third kappa shape index (κ3) is 8.57. The maximum atomic E-state index is 13.1. The standard InChI is InChI=1S/C23H27Cl3N2O2S/c1-15(2)11-27-23(30)16(3)28(12-18-6-9-20(25)21(26)10-18)22(29)14-31-13-17-4-7-19(24)8-5-17/h4-10,15-16H,11-14H2,1-3H3,(H,27,30)/t16-/m0/s1. The van der Waals surface area contributed by atoms with E-state index in [0.29, 0.717) is 33.3 Å². The molecule has 0 bridgehead atoms. The van der Waals surface area contributed by atoms with E-state index in [4.69, 9.17) is 34.8 Å². The van der Waals surface area contributed by atoms with Crippen LogP contribution in [0.15, 0.2) is 42.5 Å². The highest BCUT2D eigenvalue weighted by atomic mass is 35.5. The molecule has 0 heterocycles. The first-order chi connectivity index (χ1) is 14.7. The van der Waals surface area contributed by atoms with Crippen LogP contribution in [0.1, 0.15) is 31.9 Å².